The number of rotatable bonds is 1. The van der Waals surface area contributed by atoms with Crippen LogP contribution < -0.4 is 0 Å². The fourth-order valence-corrected chi connectivity index (χ4v) is 1.95. The van der Waals surface area contributed by atoms with Crippen molar-refractivity contribution in [1.82, 2.24) is 4.98 Å². The van der Waals surface area contributed by atoms with Crippen LogP contribution in [0.3, 0.4) is 0 Å². The summed E-state index contributed by atoms with van der Waals surface area (Å²) in [6.07, 6.45) is 1.61. The Kier molecular flexibility index (Phi) is 2.30. The normalized spacial score (nSPS) is 9.71. The fraction of sp³-hybridized carbons (Fsp3) is 0.0909. The van der Waals surface area contributed by atoms with Crippen molar-refractivity contribution in [3.8, 4) is 16.6 Å². The summed E-state index contributed by atoms with van der Waals surface area (Å²) < 4.78 is 0. The van der Waals surface area contributed by atoms with Gasteiger partial charge in [0.1, 0.15) is 16.0 Å². The predicted molar refractivity (Wildman–Crippen MR) is 57.0 cm³/mol. The number of thiazole rings is 1. The van der Waals surface area contributed by atoms with Crippen LogP contribution in [0.1, 0.15) is 10.4 Å². The molecule has 0 unspecified atom stereocenters. The minimum atomic E-state index is 0.654. The lowest BCUT2D eigenvalue weighted by Gasteiger charge is -1.96. The Balaban J connectivity index is 2.45. The van der Waals surface area contributed by atoms with E-state index in [-0.39, 0.29) is 0 Å². The Morgan fingerprint density at radius 1 is 1.43 bits per heavy atom. The van der Waals surface area contributed by atoms with E-state index in [4.69, 9.17) is 5.26 Å². The van der Waals surface area contributed by atoms with Gasteiger partial charge in [-0.2, -0.15) is 5.26 Å². The van der Waals surface area contributed by atoms with Gasteiger partial charge in [0.15, 0.2) is 0 Å². The van der Waals surface area contributed by atoms with Gasteiger partial charge in [0, 0.05) is 5.56 Å². The van der Waals surface area contributed by atoms with Crippen LogP contribution in [0.25, 0.3) is 10.6 Å². The third kappa shape index (κ3) is 1.66. The van der Waals surface area contributed by atoms with Crippen LogP contribution in [0.5, 0.6) is 0 Å². The molecule has 1 aromatic carbocycles. The summed E-state index contributed by atoms with van der Waals surface area (Å²) in [4.78, 5) is 4.85. The van der Waals surface area contributed by atoms with Crippen LogP contribution in [0.2, 0.25) is 0 Å². The van der Waals surface area contributed by atoms with Gasteiger partial charge in [-0.05, 0) is 13.0 Å². The van der Waals surface area contributed by atoms with Gasteiger partial charge in [-0.25, -0.2) is 4.98 Å². The molecule has 0 atom stereocenters. The van der Waals surface area contributed by atoms with Gasteiger partial charge in [-0.15, -0.1) is 11.3 Å². The molecule has 0 saturated carbocycles. The molecule has 2 nitrogen and oxygen atoms in total. The first-order valence-electron chi connectivity index (χ1n) is 4.22. The van der Waals surface area contributed by atoms with E-state index in [0.29, 0.717) is 4.88 Å². The zero-order valence-electron chi connectivity index (χ0n) is 7.69. The van der Waals surface area contributed by atoms with E-state index in [0.717, 1.165) is 10.6 Å². The van der Waals surface area contributed by atoms with E-state index in [1.165, 1.54) is 16.9 Å². The van der Waals surface area contributed by atoms with Gasteiger partial charge in [0.05, 0.1) is 6.20 Å². The third-order valence-corrected chi connectivity index (χ3v) is 2.83. The zero-order chi connectivity index (χ0) is 9.97. The molecule has 2 rings (SSSR count). The lowest BCUT2D eigenvalue weighted by Crippen LogP contribution is -1.76. The number of benzene rings is 1. The second-order valence-electron chi connectivity index (χ2n) is 3.01. The molecule has 68 valence electrons. The molecule has 1 heterocycles. The van der Waals surface area contributed by atoms with Gasteiger partial charge in [0.25, 0.3) is 0 Å². The highest BCUT2D eigenvalue weighted by Crippen LogP contribution is 2.24. The second kappa shape index (κ2) is 3.60. The van der Waals surface area contributed by atoms with Crippen LogP contribution in [0.4, 0.5) is 0 Å². The molecule has 0 aliphatic carbocycles. The van der Waals surface area contributed by atoms with E-state index >= 15 is 0 Å². The Hall–Kier alpha value is -1.66. The zero-order valence-corrected chi connectivity index (χ0v) is 8.51. The molecule has 0 bridgehead atoms. The first-order chi connectivity index (χ1) is 6.79. The Morgan fingerprint density at radius 2 is 2.29 bits per heavy atom. The molecule has 0 N–H and O–H groups in total. The van der Waals surface area contributed by atoms with E-state index in [9.17, 15) is 0 Å². The van der Waals surface area contributed by atoms with Crippen LogP contribution in [-0.2, 0) is 0 Å². The fourth-order valence-electron chi connectivity index (χ4n) is 1.24. The lowest BCUT2D eigenvalue weighted by molar-refractivity contribution is 1.38. The third-order valence-electron chi connectivity index (χ3n) is 1.88. The topological polar surface area (TPSA) is 36.7 Å². The average Bonchev–Trinajstić information content (AvgIpc) is 2.66. The molecule has 0 radical (unpaired) electrons. The SMILES string of the molecule is Cc1cccc(-c2ncc(C#N)s2)c1. The maximum atomic E-state index is 8.67. The van der Waals surface area contributed by atoms with Crippen LogP contribution in [-0.4, -0.2) is 4.98 Å². The van der Waals surface area contributed by atoms with Gasteiger partial charge < -0.3 is 0 Å². The van der Waals surface area contributed by atoms with E-state index in [1.54, 1.807) is 6.20 Å². The molecule has 2 aromatic rings. The highest BCUT2D eigenvalue weighted by atomic mass is 32.1. The Morgan fingerprint density at radius 3 is 2.93 bits per heavy atom. The standard InChI is InChI=1S/C11H8N2S/c1-8-3-2-4-9(5-8)11-13-7-10(6-12)14-11/h2-5,7H,1H3. The van der Waals surface area contributed by atoms with Crippen molar-refractivity contribution in [3.05, 3.63) is 40.9 Å². The van der Waals surface area contributed by atoms with Crippen molar-refractivity contribution in [2.24, 2.45) is 0 Å². The summed E-state index contributed by atoms with van der Waals surface area (Å²) in [6, 6.07) is 10.2. The predicted octanol–water partition coefficient (Wildman–Crippen LogP) is 2.99. The number of hydrogen-bond acceptors (Lipinski definition) is 3. The van der Waals surface area contributed by atoms with Crippen molar-refractivity contribution in [3.63, 3.8) is 0 Å². The van der Waals surface area contributed by atoms with Gasteiger partial charge in [-0.3, -0.25) is 0 Å². The summed E-state index contributed by atoms with van der Waals surface area (Å²) in [7, 11) is 0. The largest absolute Gasteiger partial charge is 0.243 e. The minimum absolute atomic E-state index is 0.654. The number of hydrogen-bond donors (Lipinski definition) is 0. The van der Waals surface area contributed by atoms with Crippen molar-refractivity contribution in [1.29, 1.82) is 5.26 Å². The summed E-state index contributed by atoms with van der Waals surface area (Å²) >= 11 is 1.42. The van der Waals surface area contributed by atoms with E-state index in [1.807, 2.05) is 25.1 Å². The molecule has 0 fully saturated rings. The molecule has 1 aromatic heterocycles. The summed E-state index contributed by atoms with van der Waals surface area (Å²) in [5, 5.41) is 9.58. The van der Waals surface area contributed by atoms with Gasteiger partial charge in [0.2, 0.25) is 0 Å². The molecule has 0 saturated heterocycles. The van der Waals surface area contributed by atoms with Gasteiger partial charge >= 0.3 is 0 Å². The number of nitrogens with zero attached hydrogens (tertiary/aromatic N) is 2. The highest BCUT2D eigenvalue weighted by molar-refractivity contribution is 7.15. The van der Waals surface area contributed by atoms with Crippen molar-refractivity contribution in [2.75, 3.05) is 0 Å². The molecular formula is C11H8N2S. The van der Waals surface area contributed by atoms with Crippen LogP contribution >= 0.6 is 11.3 Å². The van der Waals surface area contributed by atoms with Gasteiger partial charge in [-0.1, -0.05) is 23.8 Å². The lowest BCUT2D eigenvalue weighted by atomic mass is 10.1. The molecule has 14 heavy (non-hydrogen) atoms. The molecule has 0 aliphatic rings. The molecular weight excluding hydrogens is 192 g/mol. The van der Waals surface area contributed by atoms with Crippen LogP contribution in [0.15, 0.2) is 30.5 Å². The van der Waals surface area contributed by atoms with Crippen molar-refractivity contribution in [2.45, 2.75) is 6.92 Å². The minimum Gasteiger partial charge on any atom is -0.243 e. The molecule has 0 spiro atoms. The quantitative estimate of drug-likeness (QED) is 0.709. The highest BCUT2D eigenvalue weighted by Gasteiger charge is 2.03. The number of nitriles is 1. The van der Waals surface area contributed by atoms with Crippen molar-refractivity contribution < 1.29 is 0 Å². The maximum absolute atomic E-state index is 8.67. The smallest absolute Gasteiger partial charge is 0.125 e. The van der Waals surface area contributed by atoms with Crippen molar-refractivity contribution >= 4 is 11.3 Å². The molecule has 0 aliphatic heterocycles. The number of aromatic nitrogens is 1. The summed E-state index contributed by atoms with van der Waals surface area (Å²) in [5.41, 5.74) is 2.28. The molecule has 3 heteroatoms. The Labute approximate surface area is 86.5 Å². The molecule has 0 amide bonds. The monoisotopic (exact) mass is 200 g/mol. The average molecular weight is 200 g/mol. The summed E-state index contributed by atoms with van der Waals surface area (Å²) in [5.74, 6) is 0. The van der Waals surface area contributed by atoms with E-state index in [2.05, 4.69) is 17.1 Å². The first-order valence-corrected chi connectivity index (χ1v) is 5.04. The van der Waals surface area contributed by atoms with E-state index < -0.39 is 0 Å². The summed E-state index contributed by atoms with van der Waals surface area (Å²) in [6.45, 7) is 2.04. The van der Waals surface area contributed by atoms with Crippen LogP contribution in [0, 0.1) is 18.3 Å². The second-order valence-corrected chi connectivity index (χ2v) is 4.04. The number of aryl methyl sites for hydroxylation is 1. The Bertz CT molecular complexity index is 494. The first kappa shape index (κ1) is 8.92. The maximum Gasteiger partial charge on any atom is 0.125 e.